The number of carbonyl (C=O) groups is 3. The van der Waals surface area contributed by atoms with Crippen molar-refractivity contribution in [1.29, 1.82) is 0 Å². The standard InChI is InChI=1S/C32H37N3O5/c1-4-18-33(3)29(37)26-25-16-17-32(40-25)27(26)30(38)35(24(21-36)23-14-10-7-11-15-23)28(32)31(39)34(19-5-2)20-22-12-8-6-9-13-22/h4-15,24-28,36H,1-2,16-21H2,3H3/t24-,25-,26+,27+,28?,32?/m1/s1. The lowest BCUT2D eigenvalue weighted by molar-refractivity contribution is -0.152. The van der Waals surface area contributed by atoms with Crippen LogP contribution in [-0.2, 0) is 25.7 Å². The van der Waals surface area contributed by atoms with Crippen LogP contribution >= 0.6 is 0 Å². The number of hydrogen-bond acceptors (Lipinski definition) is 5. The van der Waals surface area contributed by atoms with Gasteiger partial charge in [-0.1, -0.05) is 72.8 Å². The fourth-order valence-electron chi connectivity index (χ4n) is 6.92. The van der Waals surface area contributed by atoms with E-state index in [0.717, 1.165) is 5.56 Å². The molecule has 3 aliphatic rings. The van der Waals surface area contributed by atoms with Gasteiger partial charge in [0.15, 0.2) is 0 Å². The molecule has 2 aromatic carbocycles. The number of fused-ring (bicyclic) bond motifs is 1. The van der Waals surface area contributed by atoms with Crippen molar-refractivity contribution in [2.24, 2.45) is 11.8 Å². The van der Waals surface area contributed by atoms with E-state index in [1.807, 2.05) is 60.7 Å². The van der Waals surface area contributed by atoms with E-state index >= 15 is 0 Å². The molecule has 3 amide bonds. The molecule has 0 radical (unpaired) electrons. The number of benzene rings is 2. The minimum atomic E-state index is -1.16. The van der Waals surface area contributed by atoms with Crippen LogP contribution in [0, 0.1) is 11.8 Å². The fraction of sp³-hybridized carbons (Fsp3) is 0.406. The zero-order chi connectivity index (χ0) is 28.4. The molecule has 3 saturated heterocycles. The highest BCUT2D eigenvalue weighted by atomic mass is 16.5. The first kappa shape index (κ1) is 27.8. The Morgan fingerprint density at radius 1 is 1.07 bits per heavy atom. The Bertz CT molecular complexity index is 1270. The summed E-state index contributed by atoms with van der Waals surface area (Å²) in [6, 6.07) is 17.1. The predicted molar refractivity (Wildman–Crippen MR) is 151 cm³/mol. The minimum Gasteiger partial charge on any atom is -0.394 e. The normalized spacial score (nSPS) is 27.2. The van der Waals surface area contributed by atoms with Gasteiger partial charge in [-0.15, -0.1) is 13.2 Å². The molecule has 6 atom stereocenters. The molecule has 8 heteroatoms. The van der Waals surface area contributed by atoms with E-state index in [1.165, 1.54) is 4.90 Å². The molecule has 8 nitrogen and oxygen atoms in total. The maximum absolute atomic E-state index is 14.6. The van der Waals surface area contributed by atoms with E-state index in [4.69, 9.17) is 4.74 Å². The monoisotopic (exact) mass is 543 g/mol. The van der Waals surface area contributed by atoms with E-state index < -0.39 is 35.6 Å². The molecule has 2 bridgehead atoms. The molecule has 40 heavy (non-hydrogen) atoms. The summed E-state index contributed by atoms with van der Waals surface area (Å²) in [5.41, 5.74) is 0.499. The van der Waals surface area contributed by atoms with E-state index in [2.05, 4.69) is 13.2 Å². The molecule has 2 unspecified atom stereocenters. The SMILES string of the molecule is C=CCN(C)C(=O)[C@@H]1[C@H]2C(=O)N([C@H](CO)c3ccccc3)C(C(=O)N(CC=C)Cc3ccccc3)C23CC[C@H]1O3. The Hall–Kier alpha value is -3.75. The second-order valence-electron chi connectivity index (χ2n) is 10.9. The van der Waals surface area contributed by atoms with Crippen LogP contribution in [0.1, 0.15) is 30.0 Å². The first-order valence-electron chi connectivity index (χ1n) is 13.8. The van der Waals surface area contributed by atoms with Gasteiger partial charge in [0.2, 0.25) is 17.7 Å². The van der Waals surface area contributed by atoms with Gasteiger partial charge in [-0.05, 0) is 24.0 Å². The molecule has 3 heterocycles. The summed E-state index contributed by atoms with van der Waals surface area (Å²) in [7, 11) is 1.69. The third-order valence-electron chi connectivity index (χ3n) is 8.61. The molecule has 0 aromatic heterocycles. The van der Waals surface area contributed by atoms with E-state index in [-0.39, 0.29) is 30.9 Å². The van der Waals surface area contributed by atoms with E-state index in [9.17, 15) is 19.5 Å². The van der Waals surface area contributed by atoms with Crippen molar-refractivity contribution in [1.82, 2.24) is 14.7 Å². The Balaban J connectivity index is 1.60. The summed E-state index contributed by atoms with van der Waals surface area (Å²) in [5.74, 6) is -2.32. The third kappa shape index (κ3) is 4.55. The molecule has 5 rings (SSSR count). The van der Waals surface area contributed by atoms with Gasteiger partial charge in [-0.2, -0.15) is 0 Å². The molecule has 3 aliphatic heterocycles. The summed E-state index contributed by atoms with van der Waals surface area (Å²) in [6.45, 7) is 8.17. The number of aliphatic hydroxyl groups excluding tert-OH is 1. The van der Waals surface area contributed by atoms with Gasteiger partial charge in [0.25, 0.3) is 0 Å². The van der Waals surface area contributed by atoms with Gasteiger partial charge in [0, 0.05) is 26.7 Å². The molecule has 0 saturated carbocycles. The summed E-state index contributed by atoms with van der Waals surface area (Å²) >= 11 is 0. The lowest BCUT2D eigenvalue weighted by atomic mass is 9.70. The molecule has 2 aromatic rings. The van der Waals surface area contributed by atoms with Crippen molar-refractivity contribution in [2.75, 3.05) is 26.7 Å². The lowest BCUT2D eigenvalue weighted by Gasteiger charge is -2.39. The van der Waals surface area contributed by atoms with Crippen LogP contribution in [0.15, 0.2) is 86.0 Å². The number of likely N-dealkylation sites (tertiary alicyclic amines) is 1. The summed E-state index contributed by atoms with van der Waals surface area (Å²) in [4.78, 5) is 47.4. The zero-order valence-corrected chi connectivity index (χ0v) is 22.9. The number of aliphatic hydroxyl groups is 1. The maximum atomic E-state index is 14.6. The largest absolute Gasteiger partial charge is 0.394 e. The second-order valence-corrected chi connectivity index (χ2v) is 10.9. The highest BCUT2D eigenvalue weighted by molar-refractivity contribution is 5.99. The first-order valence-corrected chi connectivity index (χ1v) is 13.8. The Labute approximate surface area is 235 Å². The Kier molecular flexibility index (Phi) is 7.92. The van der Waals surface area contributed by atoms with Gasteiger partial charge >= 0.3 is 0 Å². The summed E-state index contributed by atoms with van der Waals surface area (Å²) < 4.78 is 6.60. The molecule has 1 spiro atoms. The highest BCUT2D eigenvalue weighted by Crippen LogP contribution is 2.60. The lowest BCUT2D eigenvalue weighted by Crippen LogP contribution is -2.57. The minimum absolute atomic E-state index is 0.189. The molecule has 0 aliphatic carbocycles. The van der Waals surface area contributed by atoms with Gasteiger partial charge in [-0.3, -0.25) is 14.4 Å². The van der Waals surface area contributed by atoms with Crippen LogP contribution in [0.3, 0.4) is 0 Å². The number of rotatable bonds is 11. The van der Waals surface area contributed by atoms with Crippen LogP contribution in [0.4, 0.5) is 0 Å². The van der Waals surface area contributed by atoms with Crippen molar-refractivity contribution in [3.8, 4) is 0 Å². The van der Waals surface area contributed by atoms with Crippen molar-refractivity contribution in [3.05, 3.63) is 97.1 Å². The second kappa shape index (κ2) is 11.4. The van der Waals surface area contributed by atoms with Gasteiger partial charge < -0.3 is 24.5 Å². The van der Waals surface area contributed by atoms with Gasteiger partial charge in [0.05, 0.1) is 30.6 Å². The fourth-order valence-corrected chi connectivity index (χ4v) is 6.92. The summed E-state index contributed by atoms with van der Waals surface area (Å²) in [5, 5.41) is 10.6. The molecular formula is C32H37N3O5. The van der Waals surface area contributed by atoms with Crippen LogP contribution in [0.25, 0.3) is 0 Å². The van der Waals surface area contributed by atoms with Crippen molar-refractivity contribution in [3.63, 3.8) is 0 Å². The Morgan fingerprint density at radius 3 is 2.35 bits per heavy atom. The summed E-state index contributed by atoms with van der Waals surface area (Å²) in [6.07, 6.45) is 3.93. The van der Waals surface area contributed by atoms with Crippen molar-refractivity contribution in [2.45, 2.75) is 43.2 Å². The predicted octanol–water partition coefficient (Wildman–Crippen LogP) is 2.95. The topological polar surface area (TPSA) is 90.4 Å². The third-order valence-corrected chi connectivity index (χ3v) is 8.61. The number of carbonyl (C=O) groups excluding carboxylic acids is 3. The quantitative estimate of drug-likeness (QED) is 0.440. The molecular weight excluding hydrogens is 506 g/mol. The van der Waals surface area contributed by atoms with E-state index in [1.54, 1.807) is 29.0 Å². The van der Waals surface area contributed by atoms with Crippen LogP contribution in [0.5, 0.6) is 0 Å². The Morgan fingerprint density at radius 2 is 1.73 bits per heavy atom. The van der Waals surface area contributed by atoms with Crippen LogP contribution in [-0.4, -0.2) is 82.0 Å². The first-order chi connectivity index (χ1) is 19.4. The van der Waals surface area contributed by atoms with Crippen molar-refractivity contribution >= 4 is 17.7 Å². The van der Waals surface area contributed by atoms with Crippen LogP contribution in [0.2, 0.25) is 0 Å². The van der Waals surface area contributed by atoms with E-state index in [0.29, 0.717) is 31.5 Å². The highest BCUT2D eigenvalue weighted by Gasteiger charge is 2.75. The molecule has 3 fully saturated rings. The number of hydrogen-bond donors (Lipinski definition) is 1. The van der Waals surface area contributed by atoms with Crippen molar-refractivity contribution < 1.29 is 24.2 Å². The smallest absolute Gasteiger partial charge is 0.249 e. The maximum Gasteiger partial charge on any atom is 0.249 e. The average molecular weight is 544 g/mol. The van der Waals surface area contributed by atoms with Gasteiger partial charge in [-0.25, -0.2) is 0 Å². The number of nitrogens with zero attached hydrogens (tertiary/aromatic N) is 3. The average Bonchev–Trinajstić information content (AvgIpc) is 3.61. The van der Waals surface area contributed by atoms with Gasteiger partial charge in [0.1, 0.15) is 11.6 Å². The zero-order valence-electron chi connectivity index (χ0n) is 22.9. The number of likely N-dealkylation sites (N-methyl/N-ethyl adjacent to an activating group) is 1. The number of amides is 3. The molecule has 210 valence electrons. The number of ether oxygens (including phenoxy) is 1. The molecule has 1 N–H and O–H groups in total. The van der Waals surface area contributed by atoms with Crippen LogP contribution < -0.4 is 0 Å².